The molecule has 1 saturated carbocycles. The van der Waals surface area contributed by atoms with Gasteiger partial charge in [0, 0.05) is 44.5 Å². The van der Waals surface area contributed by atoms with E-state index in [1.165, 1.54) is 19.3 Å². The van der Waals surface area contributed by atoms with Gasteiger partial charge in [-0.3, -0.25) is 4.90 Å². The van der Waals surface area contributed by atoms with Crippen molar-refractivity contribution in [2.75, 3.05) is 37.6 Å². The Morgan fingerprint density at radius 3 is 2.35 bits per heavy atom. The molecule has 1 aromatic carbocycles. The van der Waals surface area contributed by atoms with Crippen LogP contribution in [0.3, 0.4) is 0 Å². The molecular weight excluding hydrogens is 253 g/mol. The van der Waals surface area contributed by atoms with Crippen molar-refractivity contribution in [2.24, 2.45) is 11.7 Å². The van der Waals surface area contributed by atoms with Gasteiger partial charge in [-0.2, -0.15) is 0 Å². The van der Waals surface area contributed by atoms with Crippen molar-refractivity contribution in [3.05, 3.63) is 30.1 Å². The maximum Gasteiger partial charge on any atom is 0.123 e. The second kappa shape index (κ2) is 6.10. The predicted molar refractivity (Wildman–Crippen MR) is 80.4 cm³/mol. The molecule has 1 aliphatic carbocycles. The fourth-order valence-corrected chi connectivity index (χ4v) is 3.46. The lowest BCUT2D eigenvalue weighted by Gasteiger charge is -2.37. The lowest BCUT2D eigenvalue weighted by Crippen LogP contribution is -2.49. The molecule has 0 amide bonds. The highest BCUT2D eigenvalue weighted by atomic mass is 19.1. The lowest BCUT2D eigenvalue weighted by molar-refractivity contribution is 0.212. The molecule has 2 fully saturated rings. The topological polar surface area (TPSA) is 32.5 Å². The van der Waals surface area contributed by atoms with E-state index in [2.05, 4.69) is 9.80 Å². The smallest absolute Gasteiger partial charge is 0.123 e. The number of nitrogens with zero attached hydrogens (tertiary/aromatic N) is 2. The number of rotatable bonds is 3. The Morgan fingerprint density at radius 2 is 1.75 bits per heavy atom. The Labute approximate surface area is 120 Å². The summed E-state index contributed by atoms with van der Waals surface area (Å²) < 4.78 is 12.9. The van der Waals surface area contributed by atoms with Gasteiger partial charge in [-0.05, 0) is 43.0 Å². The van der Waals surface area contributed by atoms with Crippen LogP contribution in [0.1, 0.15) is 19.3 Å². The molecule has 1 heterocycles. The van der Waals surface area contributed by atoms with Gasteiger partial charge in [0.25, 0.3) is 0 Å². The second-order valence-electron chi connectivity index (χ2n) is 6.12. The number of piperazine rings is 1. The summed E-state index contributed by atoms with van der Waals surface area (Å²) in [4.78, 5) is 4.88. The normalized spacial score (nSPS) is 28.0. The Hall–Kier alpha value is -1.13. The van der Waals surface area contributed by atoms with Crippen LogP contribution in [-0.4, -0.2) is 43.7 Å². The van der Waals surface area contributed by atoms with Crippen LogP contribution in [0, 0.1) is 11.7 Å². The summed E-state index contributed by atoms with van der Waals surface area (Å²) in [7, 11) is 0. The molecule has 20 heavy (non-hydrogen) atoms. The number of hydrogen-bond acceptors (Lipinski definition) is 3. The Kier molecular flexibility index (Phi) is 4.22. The van der Waals surface area contributed by atoms with Gasteiger partial charge in [0.1, 0.15) is 5.82 Å². The summed E-state index contributed by atoms with van der Waals surface area (Å²) >= 11 is 0. The molecule has 3 rings (SSSR count). The van der Waals surface area contributed by atoms with Crippen molar-refractivity contribution in [2.45, 2.75) is 25.3 Å². The quantitative estimate of drug-likeness (QED) is 0.918. The van der Waals surface area contributed by atoms with Crippen LogP contribution in [0.5, 0.6) is 0 Å². The van der Waals surface area contributed by atoms with Gasteiger partial charge < -0.3 is 10.6 Å². The van der Waals surface area contributed by atoms with Gasteiger partial charge in [0.15, 0.2) is 0 Å². The highest BCUT2D eigenvalue weighted by Crippen LogP contribution is 2.25. The molecule has 0 spiro atoms. The number of nitrogens with two attached hydrogens (primary N) is 1. The van der Waals surface area contributed by atoms with E-state index >= 15 is 0 Å². The number of benzene rings is 1. The van der Waals surface area contributed by atoms with Crippen LogP contribution in [0.15, 0.2) is 24.3 Å². The fraction of sp³-hybridized carbons (Fsp3) is 0.625. The molecule has 2 N–H and O–H groups in total. The molecule has 4 heteroatoms. The van der Waals surface area contributed by atoms with Gasteiger partial charge >= 0.3 is 0 Å². The van der Waals surface area contributed by atoms with E-state index in [1.54, 1.807) is 12.1 Å². The highest BCUT2D eigenvalue weighted by molar-refractivity contribution is 5.46. The van der Waals surface area contributed by atoms with Crippen molar-refractivity contribution in [3.8, 4) is 0 Å². The maximum atomic E-state index is 12.9. The molecule has 3 nitrogen and oxygen atoms in total. The zero-order valence-corrected chi connectivity index (χ0v) is 12.0. The van der Waals surface area contributed by atoms with Crippen molar-refractivity contribution in [1.29, 1.82) is 0 Å². The molecule has 1 aromatic rings. The van der Waals surface area contributed by atoms with E-state index in [-0.39, 0.29) is 5.82 Å². The monoisotopic (exact) mass is 277 g/mol. The first-order chi connectivity index (χ1) is 9.72. The van der Waals surface area contributed by atoms with Crippen molar-refractivity contribution < 1.29 is 4.39 Å². The van der Waals surface area contributed by atoms with Crippen molar-refractivity contribution in [3.63, 3.8) is 0 Å². The minimum atomic E-state index is -0.164. The minimum absolute atomic E-state index is 0.164. The standard InChI is InChI=1S/C16H24FN3/c17-14-4-6-15(7-5-14)20-10-8-19(9-11-20)12-13-2-1-3-16(13)18/h4-7,13,16H,1-3,8-12,18H2. The van der Waals surface area contributed by atoms with E-state index < -0.39 is 0 Å². The first-order valence-corrected chi connectivity index (χ1v) is 7.71. The SMILES string of the molecule is NC1CCCC1CN1CCN(c2ccc(F)cc2)CC1. The number of hydrogen-bond donors (Lipinski definition) is 1. The van der Waals surface area contributed by atoms with E-state index in [9.17, 15) is 4.39 Å². The van der Waals surface area contributed by atoms with Crippen molar-refractivity contribution >= 4 is 5.69 Å². The first kappa shape index (κ1) is 13.8. The van der Waals surface area contributed by atoms with E-state index in [1.807, 2.05) is 12.1 Å². The number of anilines is 1. The summed E-state index contributed by atoms with van der Waals surface area (Å²) in [5.41, 5.74) is 7.28. The van der Waals surface area contributed by atoms with Gasteiger partial charge in [0.2, 0.25) is 0 Å². The Balaban J connectivity index is 1.50. The van der Waals surface area contributed by atoms with Crippen LogP contribution in [0.2, 0.25) is 0 Å². The summed E-state index contributed by atoms with van der Waals surface area (Å²) in [5.74, 6) is 0.523. The van der Waals surface area contributed by atoms with E-state index in [0.29, 0.717) is 12.0 Å². The van der Waals surface area contributed by atoms with Crippen LogP contribution >= 0.6 is 0 Å². The number of halogens is 1. The second-order valence-corrected chi connectivity index (χ2v) is 6.12. The molecule has 2 unspecified atom stereocenters. The lowest BCUT2D eigenvalue weighted by atomic mass is 10.0. The van der Waals surface area contributed by atoms with Crippen LogP contribution in [0.25, 0.3) is 0 Å². The molecule has 0 radical (unpaired) electrons. The summed E-state index contributed by atoms with van der Waals surface area (Å²) in [5, 5.41) is 0. The van der Waals surface area contributed by atoms with Gasteiger partial charge in [0.05, 0.1) is 0 Å². The van der Waals surface area contributed by atoms with Crippen LogP contribution in [0.4, 0.5) is 10.1 Å². The molecule has 1 aliphatic heterocycles. The summed E-state index contributed by atoms with van der Waals surface area (Å²) in [6.07, 6.45) is 3.78. The van der Waals surface area contributed by atoms with Crippen LogP contribution in [-0.2, 0) is 0 Å². The minimum Gasteiger partial charge on any atom is -0.369 e. The third kappa shape index (κ3) is 3.13. The summed E-state index contributed by atoms with van der Waals surface area (Å²) in [6, 6.07) is 7.24. The first-order valence-electron chi connectivity index (χ1n) is 7.71. The molecule has 2 atom stereocenters. The zero-order valence-electron chi connectivity index (χ0n) is 12.0. The third-order valence-electron chi connectivity index (χ3n) is 4.77. The Bertz CT molecular complexity index is 426. The summed E-state index contributed by atoms with van der Waals surface area (Å²) in [6.45, 7) is 5.36. The predicted octanol–water partition coefficient (Wildman–Crippen LogP) is 2.08. The van der Waals surface area contributed by atoms with Gasteiger partial charge in [-0.1, -0.05) is 6.42 Å². The third-order valence-corrected chi connectivity index (χ3v) is 4.77. The van der Waals surface area contributed by atoms with Gasteiger partial charge in [-0.25, -0.2) is 4.39 Å². The molecular formula is C16H24FN3. The van der Waals surface area contributed by atoms with Gasteiger partial charge in [-0.15, -0.1) is 0 Å². The van der Waals surface area contributed by atoms with E-state index in [4.69, 9.17) is 5.73 Å². The van der Waals surface area contributed by atoms with Crippen LogP contribution < -0.4 is 10.6 Å². The molecule has 110 valence electrons. The Morgan fingerprint density at radius 1 is 1.05 bits per heavy atom. The fourth-order valence-electron chi connectivity index (χ4n) is 3.46. The average Bonchev–Trinajstić information content (AvgIpc) is 2.86. The highest BCUT2D eigenvalue weighted by Gasteiger charge is 2.27. The molecule has 0 aromatic heterocycles. The zero-order chi connectivity index (χ0) is 13.9. The maximum absolute atomic E-state index is 12.9. The largest absolute Gasteiger partial charge is 0.369 e. The molecule has 0 bridgehead atoms. The average molecular weight is 277 g/mol. The van der Waals surface area contributed by atoms with Crippen molar-refractivity contribution in [1.82, 2.24) is 4.90 Å². The molecule has 2 aliphatic rings. The molecule has 1 saturated heterocycles. The van der Waals surface area contributed by atoms with E-state index in [0.717, 1.165) is 38.4 Å².